The molecule has 4 aromatic heterocycles. The van der Waals surface area contributed by atoms with Crippen molar-refractivity contribution in [2.75, 3.05) is 70.1 Å². The van der Waals surface area contributed by atoms with Crippen LogP contribution in [0.1, 0.15) is 132 Å². The highest BCUT2D eigenvalue weighted by Crippen LogP contribution is 2.28. The standard InChI is InChI=1S/C25H25N3O2.C20H26N2O2.C15H18N2.C10H20N2O2.C10H9NO3.C9H6ClN.CH3F.2ClH/c1-2-24(29)27-22-11-9-19(10-12-22)25(30)28-13-5-6-18(17-28)14-23-15-20-7-3-4-8-21(20)16-26-23;1-20(2,3)24-19(23)22-10-6-7-15(14-22)11-18-12-16-8-4-5-9-17(16)13-21-18;1-2-6-14-11-17-15(9-13(14)5-1)8-12-4-3-7-16-10-12;1-10(2,3)14-9(13)12-6-4-5-8(11)7-12;1-2-9(12)11-8-5-3-7(4-6-8)10(13)14;10-9-5-7-3-1-2-4-8(7)6-11-9;1-2;;/h2-4,7-12,15-16,18H,1,5-6,13-14,17H2,(H,27,29);4-5,8-9,12-13,15H,6-7,10-11,14H2,1-3H3;1-2,5-6,9,11-12,16H,3-4,7-8,10H2;8H,4-7,11H2,1-3H3;2-6H,1H2,(H,11,12)(H,13,14);1-6H;1H3;2*1H/t18-;15-;12-;8-;;;;;/m0001...../s1/i;;;;;;1D;;. The number of likely N-dealkylation sites (tertiary alicyclic amines) is 3. The lowest BCUT2D eigenvalue weighted by molar-refractivity contribution is -0.112. The molecule has 6 aromatic carbocycles. The third kappa shape index (κ3) is 31.2. The largest absolute Gasteiger partial charge is 0.478 e. The van der Waals surface area contributed by atoms with E-state index in [-0.39, 0.29) is 66.3 Å². The molecule has 0 spiro atoms. The molecule has 606 valence electrons. The number of carbonyl (C=O) groups excluding carboxylic acids is 5. The molecule has 4 saturated heterocycles. The van der Waals surface area contributed by atoms with Gasteiger partial charge >= 0.3 is 18.2 Å². The second-order valence-corrected chi connectivity index (χ2v) is 30.5. The van der Waals surface area contributed by atoms with Crippen molar-refractivity contribution in [1.82, 2.24) is 40.0 Å². The summed E-state index contributed by atoms with van der Waals surface area (Å²) in [5, 5.41) is 27.4. The first kappa shape index (κ1) is 90.8. The number of ether oxygens (including phenoxy) is 2. The van der Waals surface area contributed by atoms with Gasteiger partial charge in [0.2, 0.25) is 11.8 Å². The van der Waals surface area contributed by atoms with E-state index < -0.39 is 24.3 Å². The highest BCUT2D eigenvalue weighted by molar-refractivity contribution is 6.30. The van der Waals surface area contributed by atoms with Gasteiger partial charge in [0, 0.05) is 126 Å². The van der Waals surface area contributed by atoms with Gasteiger partial charge in [-0.1, -0.05) is 122 Å². The Kier molecular flexibility index (Phi) is 37.2. The number of piperidine rings is 4. The number of anilines is 2. The van der Waals surface area contributed by atoms with Gasteiger partial charge in [0.25, 0.3) is 5.91 Å². The van der Waals surface area contributed by atoms with Crippen molar-refractivity contribution < 1.29 is 49.1 Å². The van der Waals surface area contributed by atoms with Crippen LogP contribution in [0.15, 0.2) is 220 Å². The van der Waals surface area contributed by atoms with Crippen molar-refractivity contribution >= 4 is 127 Å². The van der Waals surface area contributed by atoms with Gasteiger partial charge in [-0.05, 0) is 250 Å². The number of pyridine rings is 4. The number of aromatic nitrogens is 4. The number of rotatable bonds is 12. The van der Waals surface area contributed by atoms with Gasteiger partial charge in [0.05, 0.1) is 14.1 Å². The van der Waals surface area contributed by atoms with E-state index in [1.165, 1.54) is 82.4 Å². The molecule has 6 N–H and O–H groups in total. The lowest BCUT2D eigenvalue weighted by atomic mass is 9.92. The third-order valence-corrected chi connectivity index (χ3v) is 19.0. The van der Waals surface area contributed by atoms with Crippen LogP contribution in [-0.2, 0) is 38.3 Å². The highest BCUT2D eigenvalue weighted by Gasteiger charge is 2.30. The average molecular weight is 1620 g/mol. The smallest absolute Gasteiger partial charge is 0.410 e. The molecule has 114 heavy (non-hydrogen) atoms. The first-order valence-corrected chi connectivity index (χ1v) is 38.5. The summed E-state index contributed by atoms with van der Waals surface area (Å²) in [5.41, 5.74) is 10.3. The molecule has 24 heteroatoms. The van der Waals surface area contributed by atoms with Crippen LogP contribution in [0.2, 0.25) is 5.15 Å². The zero-order chi connectivity index (χ0) is 81.3. The number of carbonyl (C=O) groups is 6. The van der Waals surface area contributed by atoms with Crippen molar-refractivity contribution in [3.8, 4) is 0 Å². The lowest BCUT2D eigenvalue weighted by Gasteiger charge is -2.34. The molecule has 20 nitrogen and oxygen atoms in total. The zero-order valence-corrected chi connectivity index (χ0v) is 68.4. The summed E-state index contributed by atoms with van der Waals surface area (Å²) in [6, 6.07) is 54.4. The minimum Gasteiger partial charge on any atom is -0.478 e. The number of amides is 5. The van der Waals surface area contributed by atoms with Crippen molar-refractivity contribution in [3.63, 3.8) is 0 Å². The number of hydrogen-bond acceptors (Lipinski definition) is 14. The molecule has 4 aliphatic rings. The maximum atomic E-state index is 13.0. The van der Waals surface area contributed by atoms with Crippen LogP contribution < -0.4 is 21.7 Å². The number of carboxylic acids is 1. The first-order chi connectivity index (χ1) is 54.2. The summed E-state index contributed by atoms with van der Waals surface area (Å²) in [7, 11) is -1.00. The Morgan fingerprint density at radius 2 is 0.877 bits per heavy atom. The maximum Gasteiger partial charge on any atom is 0.410 e. The summed E-state index contributed by atoms with van der Waals surface area (Å²) in [5.74, 6) is 0.0579. The number of nitrogens with two attached hydrogens (primary N) is 1. The predicted octanol–water partition coefficient (Wildman–Crippen LogP) is 18.8. The fourth-order valence-corrected chi connectivity index (χ4v) is 13.5. The van der Waals surface area contributed by atoms with Crippen molar-refractivity contribution in [3.05, 3.63) is 253 Å². The molecular formula is C90H109Cl3FN11O9. The molecule has 10 aromatic rings. The lowest BCUT2D eigenvalue weighted by Crippen LogP contribution is -2.47. The van der Waals surface area contributed by atoms with Crippen LogP contribution in [0, 0.1) is 17.8 Å². The number of nitrogens with zero attached hydrogens (tertiary/aromatic N) is 7. The van der Waals surface area contributed by atoms with Crippen LogP contribution >= 0.6 is 36.4 Å². The molecule has 0 aliphatic carbocycles. The summed E-state index contributed by atoms with van der Waals surface area (Å²) in [6.45, 7) is 24.8. The Morgan fingerprint density at radius 3 is 1.26 bits per heavy atom. The number of alkyl halides is 1. The van der Waals surface area contributed by atoms with E-state index in [9.17, 15) is 33.2 Å². The second-order valence-electron chi connectivity index (χ2n) is 30.1. The fourth-order valence-electron chi connectivity index (χ4n) is 13.4. The monoisotopic (exact) mass is 1610 g/mol. The Morgan fingerprint density at radius 1 is 0.526 bits per heavy atom. The number of hydrogen-bond donors (Lipinski definition) is 5. The van der Waals surface area contributed by atoms with Gasteiger partial charge in [0.1, 0.15) is 16.4 Å². The number of benzene rings is 6. The molecule has 4 aliphatic heterocycles. The van der Waals surface area contributed by atoms with Gasteiger partial charge in [-0.15, -0.1) is 24.8 Å². The van der Waals surface area contributed by atoms with Gasteiger partial charge < -0.3 is 51.0 Å². The molecule has 4 atom stereocenters. The first-order valence-electron chi connectivity index (χ1n) is 38.8. The molecule has 0 bridgehead atoms. The number of halogens is 4. The average Bonchev–Trinajstić information content (AvgIpc) is 0.837. The molecular weight excluding hydrogens is 1500 g/mol. The van der Waals surface area contributed by atoms with E-state index in [2.05, 4.69) is 122 Å². The molecule has 0 unspecified atom stereocenters. The molecule has 14 rings (SSSR count). The third-order valence-electron chi connectivity index (χ3n) is 18.8. The molecule has 0 radical (unpaired) electrons. The van der Waals surface area contributed by atoms with E-state index in [1.807, 2.05) is 118 Å². The van der Waals surface area contributed by atoms with Crippen LogP contribution in [0.3, 0.4) is 0 Å². The summed E-state index contributed by atoms with van der Waals surface area (Å²) < 4.78 is 26.3. The van der Waals surface area contributed by atoms with E-state index in [1.54, 1.807) is 35.4 Å². The van der Waals surface area contributed by atoms with E-state index in [0.717, 1.165) is 137 Å². The second kappa shape index (κ2) is 46.7. The fraction of sp³-hybridized carbons (Fsp3) is 0.356. The van der Waals surface area contributed by atoms with Gasteiger partial charge in [0.15, 0.2) is 0 Å². The molecule has 0 saturated carbocycles. The van der Waals surface area contributed by atoms with Crippen molar-refractivity contribution in [2.24, 2.45) is 23.5 Å². The Labute approximate surface area is 688 Å². The normalized spacial score (nSPS) is 16.4. The number of fused-ring (bicyclic) bond motifs is 4. The van der Waals surface area contributed by atoms with E-state index in [4.69, 9.17) is 33.3 Å². The summed E-state index contributed by atoms with van der Waals surface area (Å²) >= 11 is 5.71. The minimum atomic E-state index is -1.00. The van der Waals surface area contributed by atoms with Crippen LogP contribution in [0.25, 0.3) is 43.1 Å². The van der Waals surface area contributed by atoms with E-state index >= 15 is 0 Å². The minimum absolute atomic E-state index is 0. The van der Waals surface area contributed by atoms with E-state index in [0.29, 0.717) is 40.5 Å². The highest BCUT2D eigenvalue weighted by atomic mass is 35.5. The summed E-state index contributed by atoms with van der Waals surface area (Å²) in [4.78, 5) is 92.8. The number of aromatic carboxylic acids is 1. The van der Waals surface area contributed by atoms with Crippen molar-refractivity contribution in [2.45, 2.75) is 129 Å². The quantitative estimate of drug-likeness (QED) is 0.0562. The topological polar surface area (TPSA) is 264 Å². The molecule has 8 heterocycles. The van der Waals surface area contributed by atoms with Gasteiger partial charge in [-0.25, -0.2) is 19.4 Å². The Bertz CT molecular complexity index is 4780. The Hall–Kier alpha value is -10.4. The maximum absolute atomic E-state index is 13.0. The number of nitrogens with one attached hydrogen (secondary N) is 3. The Balaban J connectivity index is 0.000000219. The van der Waals surface area contributed by atoms with Crippen LogP contribution in [-0.4, -0.2) is 152 Å². The van der Waals surface area contributed by atoms with Gasteiger partial charge in [-0.3, -0.25) is 33.7 Å². The van der Waals surface area contributed by atoms with Crippen molar-refractivity contribution in [1.29, 1.82) is 0 Å². The SMILES string of the molecule is C=CC(=O)Nc1ccc(C(=O)N2CCC[C@@H](Cc3cc4ccccc4cn3)C2)cc1.C=CC(=O)Nc1ccc(C(=O)O)cc1.CC(C)(C)OC(=O)N1CCC[C@@H](Cc2cc3ccccc3cn2)C1.CC(C)(C)OC(=O)N1CCC[C@@H](N)C1.Cl.Cl.Clc1cc2ccccc2cn1.[2H]CF.c1ccc2cc(C[C@@H]3CCCNC3)ncc2c1. The predicted molar refractivity (Wildman–Crippen MR) is 462 cm³/mol. The van der Waals surface area contributed by atoms with Gasteiger partial charge in [-0.2, -0.15) is 0 Å². The molecule has 4 fully saturated rings. The molecule has 5 amide bonds. The zero-order valence-electron chi connectivity index (χ0n) is 67.0. The summed E-state index contributed by atoms with van der Waals surface area (Å²) in [6.07, 6.45) is 21.3. The van der Waals surface area contributed by atoms with Crippen LogP contribution in [0.4, 0.5) is 25.4 Å². The number of carboxylic acid groups (broad SMARTS) is 1. The van der Waals surface area contributed by atoms with Crippen LogP contribution in [0.5, 0.6) is 0 Å².